The van der Waals surface area contributed by atoms with E-state index < -0.39 is 15.7 Å². The van der Waals surface area contributed by atoms with Gasteiger partial charge in [0, 0.05) is 11.6 Å². The number of hydrogen-bond acceptors (Lipinski definition) is 3. The lowest BCUT2D eigenvalue weighted by molar-refractivity contribution is 0.574. The molecule has 5 heteroatoms. The molecule has 0 amide bonds. The molecule has 1 aliphatic rings. The van der Waals surface area contributed by atoms with Gasteiger partial charge in [-0.2, -0.15) is 0 Å². The van der Waals surface area contributed by atoms with Crippen LogP contribution in [0.5, 0.6) is 0 Å². The summed E-state index contributed by atoms with van der Waals surface area (Å²) < 4.78 is 37.9. The van der Waals surface area contributed by atoms with Crippen molar-refractivity contribution in [3.63, 3.8) is 0 Å². The van der Waals surface area contributed by atoms with Crippen LogP contribution in [0.2, 0.25) is 0 Å². The van der Waals surface area contributed by atoms with Crippen molar-refractivity contribution in [2.75, 3.05) is 11.5 Å². The molecular formula is C15H14FNO2S. The maximum absolute atomic E-state index is 13.3. The van der Waals surface area contributed by atoms with Gasteiger partial charge in [0.2, 0.25) is 0 Å². The molecule has 2 aromatic carbocycles. The van der Waals surface area contributed by atoms with Crippen LogP contribution in [-0.2, 0) is 16.3 Å². The number of nitrogens with two attached hydrogens (primary N) is 1. The lowest BCUT2D eigenvalue weighted by Crippen LogP contribution is -2.25. The van der Waals surface area contributed by atoms with Gasteiger partial charge in [-0.1, -0.05) is 24.3 Å². The van der Waals surface area contributed by atoms with Crippen LogP contribution in [0.4, 0.5) is 10.1 Å². The van der Waals surface area contributed by atoms with Crippen molar-refractivity contribution in [2.45, 2.75) is 17.2 Å². The molecule has 0 saturated carbocycles. The molecule has 1 aliphatic carbocycles. The van der Waals surface area contributed by atoms with Gasteiger partial charge < -0.3 is 5.73 Å². The lowest BCUT2D eigenvalue weighted by Gasteiger charge is -2.29. The van der Waals surface area contributed by atoms with Gasteiger partial charge in [-0.25, -0.2) is 12.8 Å². The van der Waals surface area contributed by atoms with E-state index in [4.69, 9.17) is 5.73 Å². The summed E-state index contributed by atoms with van der Waals surface area (Å²) in [6, 6.07) is 11.2. The van der Waals surface area contributed by atoms with E-state index in [2.05, 4.69) is 0 Å². The summed E-state index contributed by atoms with van der Waals surface area (Å²) in [6.07, 6.45) is 0.750. The summed E-state index contributed by atoms with van der Waals surface area (Å²) in [5.74, 6) is -0.648. The molecule has 0 saturated heterocycles. The predicted octanol–water partition coefficient (Wildman–Crippen LogP) is 2.52. The predicted molar refractivity (Wildman–Crippen MR) is 75.8 cm³/mol. The number of nitrogen functional groups attached to an aromatic ring is 1. The molecule has 0 bridgehead atoms. The number of sulfone groups is 1. The number of rotatable bonds is 3. The highest BCUT2D eigenvalue weighted by Crippen LogP contribution is 2.37. The van der Waals surface area contributed by atoms with E-state index >= 15 is 0 Å². The summed E-state index contributed by atoms with van der Waals surface area (Å²) >= 11 is 0. The Morgan fingerprint density at radius 1 is 1.20 bits per heavy atom. The Morgan fingerprint density at radius 3 is 2.65 bits per heavy atom. The molecule has 20 heavy (non-hydrogen) atoms. The van der Waals surface area contributed by atoms with Crippen LogP contribution < -0.4 is 5.73 Å². The highest BCUT2D eigenvalue weighted by atomic mass is 32.2. The van der Waals surface area contributed by atoms with E-state index in [1.807, 2.05) is 24.3 Å². The third-order valence-corrected chi connectivity index (χ3v) is 5.43. The second-order valence-corrected chi connectivity index (χ2v) is 7.14. The van der Waals surface area contributed by atoms with Crippen molar-refractivity contribution < 1.29 is 12.8 Å². The fraction of sp³-hybridized carbons (Fsp3) is 0.200. The first-order valence-electron chi connectivity index (χ1n) is 6.32. The van der Waals surface area contributed by atoms with Crippen molar-refractivity contribution in [1.29, 1.82) is 0 Å². The third kappa shape index (κ3) is 2.29. The third-order valence-electron chi connectivity index (χ3n) is 3.63. The van der Waals surface area contributed by atoms with E-state index in [0.717, 1.165) is 24.1 Å². The Labute approximate surface area is 117 Å². The second-order valence-electron chi connectivity index (χ2n) is 5.10. The molecule has 0 spiro atoms. The molecule has 2 aromatic rings. The number of hydrogen-bond donors (Lipinski definition) is 1. The minimum absolute atomic E-state index is 0.00704. The van der Waals surface area contributed by atoms with Crippen LogP contribution >= 0.6 is 0 Å². The summed E-state index contributed by atoms with van der Waals surface area (Å²) in [5.41, 5.74) is 7.88. The first-order chi connectivity index (χ1) is 9.45. The van der Waals surface area contributed by atoms with E-state index in [0.29, 0.717) is 0 Å². The van der Waals surface area contributed by atoms with E-state index in [1.54, 1.807) is 0 Å². The Morgan fingerprint density at radius 2 is 1.95 bits per heavy atom. The van der Waals surface area contributed by atoms with Gasteiger partial charge in [0.25, 0.3) is 0 Å². The van der Waals surface area contributed by atoms with Crippen LogP contribution in [0.3, 0.4) is 0 Å². The fourth-order valence-corrected chi connectivity index (χ4v) is 4.26. The molecule has 0 heterocycles. The number of fused-ring (bicyclic) bond motifs is 1. The van der Waals surface area contributed by atoms with E-state index in [1.165, 1.54) is 11.6 Å². The van der Waals surface area contributed by atoms with Gasteiger partial charge in [-0.3, -0.25) is 0 Å². The lowest BCUT2D eigenvalue weighted by atomic mass is 9.79. The molecule has 0 radical (unpaired) electrons. The second kappa shape index (κ2) is 4.59. The Balaban J connectivity index is 1.87. The normalized spacial score (nSPS) is 17.4. The summed E-state index contributed by atoms with van der Waals surface area (Å²) in [5, 5.41) is 0. The zero-order valence-corrected chi connectivity index (χ0v) is 11.5. The van der Waals surface area contributed by atoms with Crippen LogP contribution in [0.1, 0.15) is 17.0 Å². The topological polar surface area (TPSA) is 60.2 Å². The molecule has 0 aliphatic heterocycles. The maximum Gasteiger partial charge on any atom is 0.179 e. The minimum atomic E-state index is -3.53. The molecule has 0 fully saturated rings. The molecule has 2 N–H and O–H groups in total. The molecule has 0 aromatic heterocycles. The fourth-order valence-electron chi connectivity index (χ4n) is 2.64. The maximum atomic E-state index is 13.3. The Hall–Kier alpha value is -1.88. The van der Waals surface area contributed by atoms with Crippen molar-refractivity contribution in [2.24, 2.45) is 0 Å². The molecule has 1 unspecified atom stereocenters. The first-order valence-corrected chi connectivity index (χ1v) is 7.97. The van der Waals surface area contributed by atoms with Crippen LogP contribution in [0.25, 0.3) is 0 Å². The zero-order chi connectivity index (χ0) is 14.3. The van der Waals surface area contributed by atoms with Crippen molar-refractivity contribution >= 4 is 15.5 Å². The minimum Gasteiger partial charge on any atom is -0.399 e. The van der Waals surface area contributed by atoms with E-state index in [-0.39, 0.29) is 22.3 Å². The van der Waals surface area contributed by atoms with Crippen LogP contribution in [-0.4, -0.2) is 14.2 Å². The Kier molecular flexibility index (Phi) is 3.01. The molecule has 104 valence electrons. The van der Waals surface area contributed by atoms with Gasteiger partial charge in [0.1, 0.15) is 5.82 Å². The average Bonchev–Trinajstić information content (AvgIpc) is 2.35. The Bertz CT molecular complexity index is 751. The number of anilines is 1. The van der Waals surface area contributed by atoms with Crippen LogP contribution in [0, 0.1) is 5.82 Å². The summed E-state index contributed by atoms with van der Waals surface area (Å²) in [7, 11) is -3.53. The van der Waals surface area contributed by atoms with Gasteiger partial charge in [0.15, 0.2) is 9.84 Å². The van der Waals surface area contributed by atoms with Gasteiger partial charge >= 0.3 is 0 Å². The number of benzene rings is 2. The highest BCUT2D eigenvalue weighted by molar-refractivity contribution is 7.91. The highest BCUT2D eigenvalue weighted by Gasteiger charge is 2.31. The molecular weight excluding hydrogens is 277 g/mol. The molecule has 3 nitrogen and oxygen atoms in total. The monoisotopic (exact) mass is 291 g/mol. The van der Waals surface area contributed by atoms with Crippen molar-refractivity contribution in [1.82, 2.24) is 0 Å². The summed E-state index contributed by atoms with van der Waals surface area (Å²) in [4.78, 5) is -0.0422. The molecule has 1 atom stereocenters. The van der Waals surface area contributed by atoms with Crippen molar-refractivity contribution in [3.8, 4) is 0 Å². The standard InChI is InChI=1S/C15H14FNO2S/c16-12-6-13(17)8-14(7-12)20(18,19)9-11-5-10-3-1-2-4-15(10)11/h1-4,6-8,11H,5,9,17H2. The van der Waals surface area contributed by atoms with Crippen molar-refractivity contribution in [3.05, 3.63) is 59.4 Å². The largest absolute Gasteiger partial charge is 0.399 e. The van der Waals surface area contributed by atoms with Gasteiger partial charge in [0.05, 0.1) is 10.6 Å². The van der Waals surface area contributed by atoms with Gasteiger partial charge in [-0.15, -0.1) is 0 Å². The number of halogens is 1. The van der Waals surface area contributed by atoms with Crippen LogP contribution in [0.15, 0.2) is 47.4 Å². The average molecular weight is 291 g/mol. The summed E-state index contributed by atoms with van der Waals surface area (Å²) in [6.45, 7) is 0. The van der Waals surface area contributed by atoms with Gasteiger partial charge in [-0.05, 0) is 35.7 Å². The first kappa shape index (κ1) is 13.1. The zero-order valence-electron chi connectivity index (χ0n) is 10.7. The molecule has 3 rings (SSSR count). The quantitative estimate of drug-likeness (QED) is 0.884. The SMILES string of the molecule is Nc1cc(F)cc(S(=O)(=O)CC2Cc3ccccc32)c1. The smallest absolute Gasteiger partial charge is 0.179 e. The van der Waals surface area contributed by atoms with E-state index in [9.17, 15) is 12.8 Å².